The quantitative estimate of drug-likeness (QED) is 0.789. The molecule has 0 radical (unpaired) electrons. The monoisotopic (exact) mass is 345 g/mol. The Hall–Kier alpha value is -2.54. The van der Waals surface area contributed by atoms with Crippen LogP contribution in [0.15, 0.2) is 35.1 Å². The number of hydrogen-bond donors (Lipinski definition) is 1. The predicted molar refractivity (Wildman–Crippen MR) is 93.7 cm³/mol. The van der Waals surface area contributed by atoms with E-state index in [1.807, 2.05) is 18.2 Å². The van der Waals surface area contributed by atoms with Gasteiger partial charge >= 0.3 is 0 Å². The Morgan fingerprint density at radius 3 is 2.67 bits per heavy atom. The van der Waals surface area contributed by atoms with Gasteiger partial charge in [0.15, 0.2) is 0 Å². The molecule has 0 fully saturated rings. The highest BCUT2D eigenvalue weighted by atomic mass is 32.1. The van der Waals surface area contributed by atoms with Crippen molar-refractivity contribution in [1.29, 1.82) is 0 Å². The average molecular weight is 345 g/mol. The number of rotatable bonds is 4. The Labute approximate surface area is 141 Å². The van der Waals surface area contributed by atoms with E-state index in [2.05, 4.69) is 10.3 Å². The molecule has 24 heavy (non-hydrogen) atoms. The molecular formula is C17H16FN3O2S. The minimum absolute atomic E-state index is 0.0333. The zero-order chi connectivity index (χ0) is 17.3. The number of benzene rings is 1. The summed E-state index contributed by atoms with van der Waals surface area (Å²) in [5, 5.41) is 3.20. The number of fused-ring (bicyclic) bond motifs is 1. The SMILES string of the molecule is Cc1c(C(=O)Nc2ccccc2)sc2nc(C)n(CCF)c(=O)c12. The van der Waals surface area contributed by atoms with Gasteiger partial charge in [0.25, 0.3) is 11.5 Å². The average Bonchev–Trinajstić information content (AvgIpc) is 2.89. The highest BCUT2D eigenvalue weighted by molar-refractivity contribution is 7.20. The highest BCUT2D eigenvalue weighted by Crippen LogP contribution is 2.28. The van der Waals surface area contributed by atoms with Gasteiger partial charge in [-0.05, 0) is 31.5 Å². The molecule has 0 atom stereocenters. The number of anilines is 1. The first-order chi connectivity index (χ1) is 11.5. The van der Waals surface area contributed by atoms with Crippen LogP contribution in [-0.4, -0.2) is 22.1 Å². The Kier molecular flexibility index (Phi) is 4.44. The van der Waals surface area contributed by atoms with Crippen molar-refractivity contribution < 1.29 is 9.18 Å². The minimum Gasteiger partial charge on any atom is -0.321 e. The number of halogens is 1. The molecule has 3 aromatic rings. The molecule has 1 N–H and O–H groups in total. The predicted octanol–water partition coefficient (Wildman–Crippen LogP) is 3.30. The van der Waals surface area contributed by atoms with Crippen molar-refractivity contribution >= 4 is 33.1 Å². The van der Waals surface area contributed by atoms with Crippen LogP contribution in [0.4, 0.5) is 10.1 Å². The Bertz CT molecular complexity index is 963. The Morgan fingerprint density at radius 1 is 1.29 bits per heavy atom. The topological polar surface area (TPSA) is 64.0 Å². The van der Waals surface area contributed by atoms with Crippen molar-refractivity contribution in [2.24, 2.45) is 0 Å². The molecule has 2 heterocycles. The molecule has 0 saturated heterocycles. The number of nitrogens with one attached hydrogen (secondary N) is 1. The number of amides is 1. The van der Waals surface area contributed by atoms with E-state index in [9.17, 15) is 14.0 Å². The molecule has 0 aliphatic carbocycles. The van der Waals surface area contributed by atoms with Crippen molar-refractivity contribution in [1.82, 2.24) is 9.55 Å². The first-order valence-corrected chi connectivity index (χ1v) is 8.27. The molecular weight excluding hydrogens is 329 g/mol. The molecule has 0 saturated carbocycles. The molecule has 0 spiro atoms. The van der Waals surface area contributed by atoms with Crippen LogP contribution >= 0.6 is 11.3 Å². The molecule has 5 nitrogen and oxygen atoms in total. The first-order valence-electron chi connectivity index (χ1n) is 7.46. The molecule has 0 aliphatic heterocycles. The van der Waals surface area contributed by atoms with Crippen LogP contribution in [-0.2, 0) is 6.54 Å². The number of hydrogen-bond acceptors (Lipinski definition) is 4. The minimum atomic E-state index is -0.640. The van der Waals surface area contributed by atoms with Gasteiger partial charge in [-0.1, -0.05) is 18.2 Å². The Morgan fingerprint density at radius 2 is 2.00 bits per heavy atom. The maximum absolute atomic E-state index is 12.7. The summed E-state index contributed by atoms with van der Waals surface area (Å²) < 4.78 is 14.0. The van der Waals surface area contributed by atoms with Gasteiger partial charge in [0.2, 0.25) is 0 Å². The van der Waals surface area contributed by atoms with Crippen LogP contribution in [0.1, 0.15) is 21.1 Å². The fourth-order valence-electron chi connectivity index (χ4n) is 2.59. The zero-order valence-corrected chi connectivity index (χ0v) is 14.1. The highest BCUT2D eigenvalue weighted by Gasteiger charge is 2.20. The third-order valence-electron chi connectivity index (χ3n) is 3.79. The lowest BCUT2D eigenvalue weighted by molar-refractivity contribution is 0.103. The summed E-state index contributed by atoms with van der Waals surface area (Å²) in [7, 11) is 0. The number of alkyl halides is 1. The van der Waals surface area contributed by atoms with Gasteiger partial charge in [-0.2, -0.15) is 0 Å². The van der Waals surface area contributed by atoms with Crippen LogP contribution in [0.5, 0.6) is 0 Å². The molecule has 2 aromatic heterocycles. The number of thiophene rings is 1. The number of aromatic nitrogens is 2. The van der Waals surface area contributed by atoms with E-state index in [0.717, 1.165) is 0 Å². The molecule has 0 bridgehead atoms. The number of para-hydroxylation sites is 1. The van der Waals surface area contributed by atoms with Crippen LogP contribution in [0, 0.1) is 13.8 Å². The van der Waals surface area contributed by atoms with Gasteiger partial charge in [-0.3, -0.25) is 14.2 Å². The third kappa shape index (κ3) is 2.82. The van der Waals surface area contributed by atoms with Crippen LogP contribution in [0.25, 0.3) is 10.2 Å². The van der Waals surface area contributed by atoms with Crippen LogP contribution in [0.3, 0.4) is 0 Å². The van der Waals surface area contributed by atoms with Gasteiger partial charge in [-0.25, -0.2) is 9.37 Å². The summed E-state index contributed by atoms with van der Waals surface area (Å²) in [6.45, 7) is 2.71. The number of nitrogens with zero attached hydrogens (tertiary/aromatic N) is 2. The van der Waals surface area contributed by atoms with Gasteiger partial charge in [0.05, 0.1) is 16.8 Å². The molecule has 3 rings (SSSR count). The maximum atomic E-state index is 12.7. The first kappa shape index (κ1) is 16.3. The molecule has 1 amide bonds. The summed E-state index contributed by atoms with van der Waals surface area (Å²) >= 11 is 1.18. The summed E-state index contributed by atoms with van der Waals surface area (Å²) in [4.78, 5) is 30.4. The second-order valence-corrected chi connectivity index (χ2v) is 6.36. The lowest BCUT2D eigenvalue weighted by Gasteiger charge is -2.06. The molecule has 0 unspecified atom stereocenters. The van der Waals surface area contributed by atoms with Gasteiger partial charge < -0.3 is 5.32 Å². The molecule has 1 aromatic carbocycles. The lowest BCUT2D eigenvalue weighted by atomic mass is 10.2. The van der Waals surface area contributed by atoms with E-state index in [-0.39, 0.29) is 18.0 Å². The van der Waals surface area contributed by atoms with Crippen molar-refractivity contribution in [3.8, 4) is 0 Å². The second-order valence-electron chi connectivity index (χ2n) is 5.36. The largest absolute Gasteiger partial charge is 0.321 e. The van der Waals surface area contributed by atoms with E-state index in [0.29, 0.717) is 32.2 Å². The fourth-order valence-corrected chi connectivity index (χ4v) is 3.70. The molecule has 7 heteroatoms. The standard InChI is InChI=1S/C17H16FN3O2S/c1-10-13-16(19-11(2)21(9-8-18)17(13)23)24-14(10)15(22)20-12-6-4-3-5-7-12/h3-7H,8-9H2,1-2H3,(H,20,22). The summed E-state index contributed by atoms with van der Waals surface area (Å²) in [6.07, 6.45) is 0. The van der Waals surface area contributed by atoms with Crippen molar-refractivity contribution in [2.45, 2.75) is 20.4 Å². The molecule has 0 aliphatic rings. The summed E-state index contributed by atoms with van der Waals surface area (Å²) in [6, 6.07) is 9.09. The Balaban J connectivity index is 2.07. The zero-order valence-electron chi connectivity index (χ0n) is 13.3. The van der Waals surface area contributed by atoms with E-state index >= 15 is 0 Å². The summed E-state index contributed by atoms with van der Waals surface area (Å²) in [5.74, 6) is 0.164. The maximum Gasteiger partial charge on any atom is 0.266 e. The van der Waals surface area contributed by atoms with E-state index in [1.54, 1.807) is 26.0 Å². The van der Waals surface area contributed by atoms with Crippen LogP contribution < -0.4 is 10.9 Å². The molecule has 124 valence electrons. The fraction of sp³-hybridized carbons (Fsp3) is 0.235. The normalized spacial score (nSPS) is 11.0. The van der Waals surface area contributed by atoms with E-state index in [4.69, 9.17) is 0 Å². The lowest BCUT2D eigenvalue weighted by Crippen LogP contribution is -2.24. The van der Waals surface area contributed by atoms with Crippen molar-refractivity contribution in [3.63, 3.8) is 0 Å². The van der Waals surface area contributed by atoms with E-state index < -0.39 is 6.67 Å². The van der Waals surface area contributed by atoms with Gasteiger partial charge in [-0.15, -0.1) is 11.3 Å². The van der Waals surface area contributed by atoms with Crippen molar-refractivity contribution in [2.75, 3.05) is 12.0 Å². The van der Waals surface area contributed by atoms with Gasteiger partial charge in [0, 0.05) is 5.69 Å². The second kappa shape index (κ2) is 6.52. The third-order valence-corrected chi connectivity index (χ3v) is 4.97. The smallest absolute Gasteiger partial charge is 0.266 e. The van der Waals surface area contributed by atoms with Gasteiger partial charge in [0.1, 0.15) is 17.3 Å². The summed E-state index contributed by atoms with van der Waals surface area (Å²) in [5.41, 5.74) is 0.953. The number of carbonyl (C=O) groups is 1. The number of carbonyl (C=O) groups excluding carboxylic acids is 1. The van der Waals surface area contributed by atoms with E-state index in [1.165, 1.54) is 15.9 Å². The van der Waals surface area contributed by atoms with Crippen molar-refractivity contribution in [3.05, 3.63) is 57.0 Å². The van der Waals surface area contributed by atoms with Crippen LogP contribution in [0.2, 0.25) is 0 Å². The number of aryl methyl sites for hydroxylation is 2.